The predicted molar refractivity (Wildman–Crippen MR) is 108 cm³/mol. The Balaban J connectivity index is 1.22. The molecule has 0 aliphatic carbocycles. The Hall–Kier alpha value is -3.33. The molecular formula is C21H17N3O5S. The minimum absolute atomic E-state index is 0.0268. The molecule has 1 amide bonds. The van der Waals surface area contributed by atoms with E-state index in [0.717, 1.165) is 23.0 Å². The molecule has 3 aromatic rings. The number of carbonyl (C=O) groups excluding carboxylic acids is 2. The smallest absolute Gasteiger partial charge is 0.277 e. The molecule has 0 fully saturated rings. The summed E-state index contributed by atoms with van der Waals surface area (Å²) in [5.74, 6) is 1.70. The van der Waals surface area contributed by atoms with Crippen molar-refractivity contribution >= 4 is 29.1 Å². The van der Waals surface area contributed by atoms with Crippen molar-refractivity contribution in [2.45, 2.75) is 17.7 Å². The Morgan fingerprint density at radius 2 is 2.03 bits per heavy atom. The molecule has 8 nitrogen and oxygen atoms in total. The minimum atomic E-state index is -0.497. The number of amides is 1. The number of carbonyl (C=O) groups is 2. The first-order valence-electron chi connectivity index (χ1n) is 9.36. The fourth-order valence-electron chi connectivity index (χ4n) is 3.40. The zero-order valence-electron chi connectivity index (χ0n) is 16.0. The molecule has 0 N–H and O–H groups in total. The maximum absolute atomic E-state index is 12.6. The third-order valence-corrected chi connectivity index (χ3v) is 5.83. The van der Waals surface area contributed by atoms with E-state index in [2.05, 4.69) is 10.2 Å². The second kappa shape index (κ2) is 7.49. The summed E-state index contributed by atoms with van der Waals surface area (Å²) >= 11 is 1.16. The van der Waals surface area contributed by atoms with Crippen molar-refractivity contribution in [3.8, 4) is 11.5 Å². The average Bonchev–Trinajstić information content (AvgIpc) is 3.36. The normalized spacial score (nSPS) is 17.2. The number of hydrogen-bond donors (Lipinski definition) is 0. The van der Waals surface area contributed by atoms with E-state index in [1.54, 1.807) is 30.1 Å². The number of Topliss-reactive ketones (excluding diaryl/α,β-unsaturated/α-hetero) is 1. The Kier molecular flexibility index (Phi) is 4.66. The van der Waals surface area contributed by atoms with Gasteiger partial charge in [0.25, 0.3) is 11.1 Å². The van der Waals surface area contributed by atoms with Crippen molar-refractivity contribution in [2.75, 3.05) is 24.3 Å². The number of hydrogen-bond acceptors (Lipinski definition) is 8. The SMILES string of the molecule is CN1C(=O)Cc2cc(C(=O)CSc3nnc(C4COc5ccccc5O4)o3)ccc21. The van der Waals surface area contributed by atoms with Gasteiger partial charge in [0.2, 0.25) is 12.0 Å². The van der Waals surface area contributed by atoms with Crippen LogP contribution in [0, 0.1) is 0 Å². The van der Waals surface area contributed by atoms with Crippen LogP contribution in [0.5, 0.6) is 11.5 Å². The maximum Gasteiger partial charge on any atom is 0.277 e. The Labute approximate surface area is 176 Å². The molecule has 9 heteroatoms. The summed E-state index contributed by atoms with van der Waals surface area (Å²) in [6.45, 7) is 0.268. The Bertz CT molecular complexity index is 1150. The van der Waals surface area contributed by atoms with Crippen LogP contribution in [0.25, 0.3) is 0 Å². The van der Waals surface area contributed by atoms with Crippen molar-refractivity contribution in [1.29, 1.82) is 0 Å². The number of thioether (sulfide) groups is 1. The highest BCUT2D eigenvalue weighted by molar-refractivity contribution is 7.99. The molecule has 0 spiro atoms. The van der Waals surface area contributed by atoms with Crippen LogP contribution in [0.4, 0.5) is 5.69 Å². The van der Waals surface area contributed by atoms with Gasteiger partial charge in [-0.05, 0) is 35.9 Å². The number of ketones is 1. The second-order valence-electron chi connectivity index (χ2n) is 6.96. The topological polar surface area (TPSA) is 94.8 Å². The molecule has 0 saturated carbocycles. The Morgan fingerprint density at radius 1 is 1.20 bits per heavy atom. The molecule has 1 unspecified atom stereocenters. The van der Waals surface area contributed by atoms with Crippen LogP contribution >= 0.6 is 11.8 Å². The van der Waals surface area contributed by atoms with E-state index < -0.39 is 6.10 Å². The first-order valence-corrected chi connectivity index (χ1v) is 10.3. The zero-order chi connectivity index (χ0) is 20.7. The van der Waals surface area contributed by atoms with Crippen molar-refractivity contribution in [2.24, 2.45) is 0 Å². The van der Waals surface area contributed by atoms with Gasteiger partial charge in [0.1, 0.15) is 6.61 Å². The fourth-order valence-corrected chi connectivity index (χ4v) is 4.07. The van der Waals surface area contributed by atoms with Gasteiger partial charge in [0.05, 0.1) is 12.2 Å². The predicted octanol–water partition coefficient (Wildman–Crippen LogP) is 3.08. The third-order valence-electron chi connectivity index (χ3n) is 5.01. The van der Waals surface area contributed by atoms with Gasteiger partial charge in [-0.2, -0.15) is 0 Å². The summed E-state index contributed by atoms with van der Waals surface area (Å²) in [5.41, 5.74) is 2.28. The van der Waals surface area contributed by atoms with E-state index in [9.17, 15) is 9.59 Å². The lowest BCUT2D eigenvalue weighted by atomic mass is 10.1. The van der Waals surface area contributed by atoms with Gasteiger partial charge < -0.3 is 18.8 Å². The first-order chi connectivity index (χ1) is 14.6. The van der Waals surface area contributed by atoms with E-state index in [4.69, 9.17) is 13.9 Å². The van der Waals surface area contributed by atoms with E-state index in [1.807, 2.05) is 24.3 Å². The summed E-state index contributed by atoms with van der Waals surface area (Å²) in [5, 5.41) is 8.32. The summed E-state index contributed by atoms with van der Waals surface area (Å²) < 4.78 is 17.2. The lowest BCUT2D eigenvalue weighted by Gasteiger charge is -2.23. The molecule has 5 rings (SSSR count). The largest absolute Gasteiger partial charge is 0.485 e. The first kappa shape index (κ1) is 18.7. The molecule has 2 aliphatic heterocycles. The van der Waals surface area contributed by atoms with Crippen molar-refractivity contribution in [1.82, 2.24) is 10.2 Å². The molecule has 30 heavy (non-hydrogen) atoms. The van der Waals surface area contributed by atoms with Gasteiger partial charge in [0.15, 0.2) is 17.3 Å². The Morgan fingerprint density at radius 3 is 2.90 bits per heavy atom. The lowest BCUT2D eigenvalue weighted by molar-refractivity contribution is -0.117. The molecule has 2 aromatic carbocycles. The molecule has 2 aliphatic rings. The highest BCUT2D eigenvalue weighted by Crippen LogP contribution is 2.36. The van der Waals surface area contributed by atoms with Gasteiger partial charge >= 0.3 is 0 Å². The number of aromatic nitrogens is 2. The second-order valence-corrected chi connectivity index (χ2v) is 7.88. The number of para-hydroxylation sites is 2. The summed E-state index contributed by atoms with van der Waals surface area (Å²) in [4.78, 5) is 26.0. The number of likely N-dealkylation sites (N-methyl/N-ethyl adjacent to an activating group) is 1. The maximum atomic E-state index is 12.6. The van der Waals surface area contributed by atoms with Gasteiger partial charge in [0, 0.05) is 18.3 Å². The van der Waals surface area contributed by atoms with Gasteiger partial charge in [-0.25, -0.2) is 0 Å². The summed E-state index contributed by atoms with van der Waals surface area (Å²) in [7, 11) is 1.73. The fraction of sp³-hybridized carbons (Fsp3) is 0.238. The van der Waals surface area contributed by atoms with Crippen LogP contribution in [0.2, 0.25) is 0 Å². The van der Waals surface area contributed by atoms with Crippen LogP contribution in [0.3, 0.4) is 0 Å². The van der Waals surface area contributed by atoms with Crippen LogP contribution in [0.1, 0.15) is 27.9 Å². The van der Waals surface area contributed by atoms with Crippen LogP contribution in [0.15, 0.2) is 52.1 Å². The lowest BCUT2D eigenvalue weighted by Crippen LogP contribution is -2.21. The molecule has 0 saturated heterocycles. The number of rotatable bonds is 5. The van der Waals surface area contributed by atoms with E-state index in [1.165, 1.54) is 0 Å². The summed E-state index contributed by atoms with van der Waals surface area (Å²) in [6.07, 6.45) is -0.177. The van der Waals surface area contributed by atoms with Crippen molar-refractivity contribution < 1.29 is 23.5 Å². The molecule has 0 bridgehead atoms. The van der Waals surface area contributed by atoms with E-state index >= 15 is 0 Å². The van der Waals surface area contributed by atoms with Crippen LogP contribution in [-0.2, 0) is 11.2 Å². The van der Waals surface area contributed by atoms with Gasteiger partial charge in [-0.3, -0.25) is 9.59 Å². The quantitative estimate of drug-likeness (QED) is 0.456. The van der Waals surface area contributed by atoms with E-state index in [0.29, 0.717) is 29.4 Å². The van der Waals surface area contributed by atoms with E-state index in [-0.39, 0.29) is 29.3 Å². The molecule has 1 atom stereocenters. The molecule has 3 heterocycles. The highest BCUT2D eigenvalue weighted by Gasteiger charge is 2.28. The third kappa shape index (κ3) is 3.41. The van der Waals surface area contributed by atoms with Crippen molar-refractivity contribution in [3.63, 3.8) is 0 Å². The van der Waals surface area contributed by atoms with Gasteiger partial charge in [-0.15, -0.1) is 10.2 Å². The summed E-state index contributed by atoms with van der Waals surface area (Å²) in [6, 6.07) is 12.7. The van der Waals surface area contributed by atoms with Crippen LogP contribution < -0.4 is 14.4 Å². The number of benzene rings is 2. The average molecular weight is 423 g/mol. The minimum Gasteiger partial charge on any atom is -0.485 e. The number of anilines is 1. The van der Waals surface area contributed by atoms with Crippen molar-refractivity contribution in [3.05, 3.63) is 59.5 Å². The standard InChI is InChI=1S/C21H17N3O5S/c1-24-14-7-6-12(8-13(14)9-19(24)26)15(25)11-30-21-23-22-20(29-21)18-10-27-16-4-2-3-5-17(16)28-18/h2-8,18H,9-11H2,1H3. The number of ether oxygens (including phenoxy) is 2. The molecule has 1 aromatic heterocycles. The number of fused-ring (bicyclic) bond motifs is 2. The van der Waals surface area contributed by atoms with Crippen LogP contribution in [-0.4, -0.2) is 41.3 Å². The number of nitrogens with zero attached hydrogens (tertiary/aromatic N) is 3. The zero-order valence-corrected chi connectivity index (χ0v) is 16.8. The highest BCUT2D eigenvalue weighted by atomic mass is 32.2. The molecular weight excluding hydrogens is 406 g/mol. The van der Waals surface area contributed by atoms with Gasteiger partial charge in [-0.1, -0.05) is 23.9 Å². The monoisotopic (exact) mass is 423 g/mol. The molecule has 0 radical (unpaired) electrons. The molecule has 152 valence electrons.